The van der Waals surface area contributed by atoms with Crippen molar-refractivity contribution in [3.63, 3.8) is 0 Å². The van der Waals surface area contributed by atoms with Crippen LogP contribution in [0.15, 0.2) is 34.8 Å². The predicted octanol–water partition coefficient (Wildman–Crippen LogP) is 0.804. The lowest BCUT2D eigenvalue weighted by atomic mass is 10.4. The first-order chi connectivity index (χ1) is 9.01. The van der Waals surface area contributed by atoms with Crippen LogP contribution in [0.25, 0.3) is 0 Å². The van der Waals surface area contributed by atoms with Crippen LogP contribution in [0.4, 0.5) is 0 Å². The second-order valence-electron chi connectivity index (χ2n) is 4.16. The number of nitrogens with one attached hydrogen (secondary N) is 1. The van der Waals surface area contributed by atoms with Crippen LogP contribution in [-0.4, -0.2) is 29.3 Å². The summed E-state index contributed by atoms with van der Waals surface area (Å²) in [5.41, 5.74) is 0. The maximum Gasteiger partial charge on any atom is 0.241 e. The quantitative estimate of drug-likeness (QED) is 0.827. The smallest absolute Gasteiger partial charge is 0.241 e. The van der Waals surface area contributed by atoms with Crippen LogP contribution in [0.3, 0.4) is 0 Å². The van der Waals surface area contributed by atoms with Gasteiger partial charge in [-0.2, -0.15) is 5.10 Å². The summed E-state index contributed by atoms with van der Waals surface area (Å²) >= 11 is 1.22. The monoisotopic (exact) mass is 301 g/mol. The van der Waals surface area contributed by atoms with E-state index in [0.29, 0.717) is 11.4 Å². The Morgan fingerprint density at radius 1 is 1.58 bits per heavy atom. The lowest BCUT2D eigenvalue weighted by Crippen LogP contribution is -2.35. The first kappa shape index (κ1) is 14.2. The molecule has 0 radical (unpaired) electrons. The van der Waals surface area contributed by atoms with Crippen LogP contribution in [-0.2, 0) is 23.2 Å². The molecule has 0 amide bonds. The predicted molar refractivity (Wildman–Crippen MR) is 72.3 cm³/mol. The Balaban J connectivity index is 2.04. The zero-order valence-electron chi connectivity index (χ0n) is 10.4. The van der Waals surface area contributed by atoms with E-state index in [1.807, 2.05) is 0 Å². The number of rotatable bonds is 6. The van der Waals surface area contributed by atoms with Crippen molar-refractivity contribution in [1.29, 1.82) is 0 Å². The van der Waals surface area contributed by atoms with Crippen molar-refractivity contribution < 1.29 is 13.5 Å². The van der Waals surface area contributed by atoms with Crippen LogP contribution in [0, 0.1) is 0 Å². The largest absolute Gasteiger partial charge is 0.391 e. The van der Waals surface area contributed by atoms with Crippen molar-refractivity contribution in [1.82, 2.24) is 14.5 Å². The molecule has 0 spiro atoms. The third kappa shape index (κ3) is 3.63. The molecule has 2 N–H and O–H groups in total. The summed E-state index contributed by atoms with van der Waals surface area (Å²) in [4.78, 5) is 0.814. The fourth-order valence-electron chi connectivity index (χ4n) is 1.64. The normalized spacial score (nSPS) is 13.6. The first-order valence-corrected chi connectivity index (χ1v) is 8.05. The summed E-state index contributed by atoms with van der Waals surface area (Å²) in [5.74, 6) is 0. The molecular weight excluding hydrogens is 286 g/mol. The van der Waals surface area contributed by atoms with Crippen molar-refractivity contribution in [2.45, 2.75) is 31.0 Å². The van der Waals surface area contributed by atoms with Crippen LogP contribution in [0.2, 0.25) is 0 Å². The Labute approximate surface area is 115 Å². The van der Waals surface area contributed by atoms with E-state index in [-0.39, 0.29) is 17.5 Å². The Morgan fingerprint density at radius 3 is 2.95 bits per heavy atom. The standard InChI is InChI=1S/C11H15N3O3S2/c1-9(6-14-4-2-3-12-14)13-19(16,17)11-5-10(7-15)18-8-11/h2-5,8-9,13,15H,6-7H2,1H3. The molecule has 8 heteroatoms. The first-order valence-electron chi connectivity index (χ1n) is 5.69. The Kier molecular flexibility index (Phi) is 4.35. The zero-order chi connectivity index (χ0) is 13.9. The van der Waals surface area contributed by atoms with Gasteiger partial charge in [0.15, 0.2) is 0 Å². The number of aliphatic hydroxyl groups is 1. The highest BCUT2D eigenvalue weighted by Gasteiger charge is 2.19. The van der Waals surface area contributed by atoms with Gasteiger partial charge in [-0.05, 0) is 19.1 Å². The summed E-state index contributed by atoms with van der Waals surface area (Å²) in [5, 5.41) is 14.5. The molecule has 19 heavy (non-hydrogen) atoms. The van der Waals surface area contributed by atoms with Crippen molar-refractivity contribution in [2.24, 2.45) is 0 Å². The molecule has 0 aromatic carbocycles. The van der Waals surface area contributed by atoms with Crippen LogP contribution >= 0.6 is 11.3 Å². The minimum absolute atomic E-state index is 0.150. The van der Waals surface area contributed by atoms with Gasteiger partial charge in [0.25, 0.3) is 0 Å². The fraction of sp³-hybridized carbons (Fsp3) is 0.364. The summed E-state index contributed by atoms with van der Waals surface area (Å²) in [6.45, 7) is 2.09. The highest BCUT2D eigenvalue weighted by molar-refractivity contribution is 7.89. The molecule has 0 saturated heterocycles. The third-order valence-corrected chi connectivity index (χ3v) is 5.11. The second kappa shape index (κ2) is 5.83. The molecule has 104 valence electrons. The molecule has 0 saturated carbocycles. The van der Waals surface area contributed by atoms with Crippen molar-refractivity contribution in [2.75, 3.05) is 0 Å². The van der Waals surface area contributed by atoms with Crippen molar-refractivity contribution >= 4 is 21.4 Å². The maximum atomic E-state index is 12.1. The van der Waals surface area contributed by atoms with E-state index in [4.69, 9.17) is 5.11 Å². The summed E-state index contributed by atoms with van der Waals surface area (Å²) in [6.07, 6.45) is 3.42. The number of hydrogen-bond acceptors (Lipinski definition) is 5. The molecule has 0 bridgehead atoms. The number of sulfonamides is 1. The molecule has 1 unspecified atom stereocenters. The van der Waals surface area contributed by atoms with E-state index in [1.165, 1.54) is 22.8 Å². The molecule has 0 aliphatic rings. The minimum atomic E-state index is -3.54. The Hall–Kier alpha value is -1.22. The van der Waals surface area contributed by atoms with Gasteiger partial charge >= 0.3 is 0 Å². The summed E-state index contributed by atoms with van der Waals surface area (Å²) < 4.78 is 28.4. The zero-order valence-corrected chi connectivity index (χ0v) is 12.0. The number of hydrogen-bond donors (Lipinski definition) is 2. The lowest BCUT2D eigenvalue weighted by molar-refractivity contribution is 0.285. The number of aromatic nitrogens is 2. The topological polar surface area (TPSA) is 84.2 Å². The molecule has 2 aromatic heterocycles. The Morgan fingerprint density at radius 2 is 2.37 bits per heavy atom. The summed E-state index contributed by atoms with van der Waals surface area (Å²) in [7, 11) is -3.54. The third-order valence-electron chi connectivity index (χ3n) is 2.47. The number of nitrogens with zero attached hydrogens (tertiary/aromatic N) is 2. The second-order valence-corrected chi connectivity index (χ2v) is 6.87. The molecule has 1 atom stereocenters. The van der Waals surface area contributed by atoms with Crippen LogP contribution in [0.5, 0.6) is 0 Å². The van der Waals surface area contributed by atoms with Gasteiger partial charge in [0, 0.05) is 28.7 Å². The Bertz CT molecular complexity index is 619. The molecule has 0 aliphatic heterocycles. The average Bonchev–Trinajstić information content (AvgIpc) is 2.97. The highest BCUT2D eigenvalue weighted by Crippen LogP contribution is 2.19. The van der Waals surface area contributed by atoms with Crippen molar-refractivity contribution in [3.05, 3.63) is 34.8 Å². The van der Waals surface area contributed by atoms with E-state index in [9.17, 15) is 8.42 Å². The van der Waals surface area contributed by atoms with Gasteiger partial charge in [-0.3, -0.25) is 4.68 Å². The molecule has 6 nitrogen and oxygen atoms in total. The molecule has 2 heterocycles. The van der Waals surface area contributed by atoms with E-state index < -0.39 is 10.0 Å². The SMILES string of the molecule is CC(Cn1cccn1)NS(=O)(=O)c1csc(CO)c1. The maximum absolute atomic E-state index is 12.1. The van der Waals surface area contributed by atoms with Gasteiger partial charge in [0.2, 0.25) is 10.0 Å². The molecule has 0 fully saturated rings. The van der Waals surface area contributed by atoms with Gasteiger partial charge in [0.1, 0.15) is 0 Å². The van der Waals surface area contributed by atoms with Crippen LogP contribution in [0.1, 0.15) is 11.8 Å². The number of aliphatic hydroxyl groups excluding tert-OH is 1. The lowest BCUT2D eigenvalue weighted by Gasteiger charge is -2.13. The van der Waals surface area contributed by atoms with E-state index in [2.05, 4.69) is 9.82 Å². The molecular formula is C11H15N3O3S2. The highest BCUT2D eigenvalue weighted by atomic mass is 32.2. The molecule has 2 rings (SSSR count). The fourth-order valence-corrected chi connectivity index (χ4v) is 4.01. The van der Waals surface area contributed by atoms with Crippen molar-refractivity contribution in [3.8, 4) is 0 Å². The van der Waals surface area contributed by atoms with Gasteiger partial charge in [-0.15, -0.1) is 11.3 Å². The summed E-state index contributed by atoms with van der Waals surface area (Å²) in [6, 6.07) is 2.99. The minimum Gasteiger partial charge on any atom is -0.391 e. The molecule has 0 aliphatic carbocycles. The van der Waals surface area contributed by atoms with Crippen LogP contribution < -0.4 is 4.72 Å². The van der Waals surface area contributed by atoms with E-state index in [1.54, 1.807) is 30.1 Å². The van der Waals surface area contributed by atoms with Gasteiger partial charge < -0.3 is 5.11 Å². The van der Waals surface area contributed by atoms with Gasteiger partial charge in [-0.25, -0.2) is 13.1 Å². The van der Waals surface area contributed by atoms with Gasteiger partial charge in [0.05, 0.1) is 18.0 Å². The van der Waals surface area contributed by atoms with E-state index in [0.717, 1.165) is 0 Å². The van der Waals surface area contributed by atoms with Gasteiger partial charge in [-0.1, -0.05) is 0 Å². The van der Waals surface area contributed by atoms with E-state index >= 15 is 0 Å². The molecule has 2 aromatic rings. The number of thiophene rings is 1. The average molecular weight is 301 g/mol.